The lowest BCUT2D eigenvalue weighted by Crippen LogP contribution is -2.18. The van der Waals surface area contributed by atoms with E-state index < -0.39 is 0 Å². The molecule has 1 aliphatic rings. The number of halogens is 2. The van der Waals surface area contributed by atoms with Gasteiger partial charge in [-0.25, -0.2) is 0 Å². The van der Waals surface area contributed by atoms with Crippen molar-refractivity contribution in [2.75, 3.05) is 11.6 Å². The molecule has 0 saturated carbocycles. The molecule has 2 aromatic rings. The summed E-state index contributed by atoms with van der Waals surface area (Å²) in [4.78, 5) is 6.36. The molecule has 0 atom stereocenters. The lowest BCUT2D eigenvalue weighted by atomic mass is 10.1. The fourth-order valence-corrected chi connectivity index (χ4v) is 2.59. The van der Waals surface area contributed by atoms with Gasteiger partial charge in [-0.1, -0.05) is 29.8 Å². The topological polar surface area (TPSA) is 15.6 Å². The van der Waals surface area contributed by atoms with Crippen LogP contribution in [0.15, 0.2) is 64.2 Å². The lowest BCUT2D eigenvalue weighted by Gasteiger charge is -2.20. The third-order valence-corrected chi connectivity index (χ3v) is 4.34. The zero-order chi connectivity index (χ0) is 13.9. The van der Waals surface area contributed by atoms with Gasteiger partial charge in [0.2, 0.25) is 0 Å². The van der Waals surface area contributed by atoms with Crippen molar-refractivity contribution >= 4 is 39.4 Å². The number of benzene rings is 2. The van der Waals surface area contributed by atoms with E-state index in [0.29, 0.717) is 6.67 Å². The molecule has 1 heterocycles. The molecule has 0 amide bonds. The minimum Gasteiger partial charge on any atom is -0.328 e. The van der Waals surface area contributed by atoms with Gasteiger partial charge in [0.25, 0.3) is 0 Å². The van der Waals surface area contributed by atoms with Gasteiger partial charge in [0.15, 0.2) is 0 Å². The Balaban J connectivity index is 1.96. The van der Waals surface area contributed by atoms with Gasteiger partial charge < -0.3 is 4.90 Å². The van der Waals surface area contributed by atoms with Crippen molar-refractivity contribution < 1.29 is 0 Å². The molecule has 0 unspecified atom stereocenters. The second-order valence-corrected chi connectivity index (χ2v) is 5.73. The normalized spacial score (nSPS) is 13.8. The molecule has 0 aromatic heterocycles. The standard InChI is InChI=1S/C16H12BrClN2/c17-15-10-13(5-6-16(15)18)12-3-1-4-14(9-12)20-8-2-7-19-11-20/h1-10H,11H2. The first-order valence-corrected chi connectivity index (χ1v) is 7.40. The molecule has 0 saturated heterocycles. The smallest absolute Gasteiger partial charge is 0.114 e. The molecule has 3 rings (SSSR count). The zero-order valence-corrected chi connectivity index (χ0v) is 13.0. The van der Waals surface area contributed by atoms with E-state index >= 15 is 0 Å². The van der Waals surface area contributed by atoms with E-state index in [9.17, 15) is 0 Å². The SMILES string of the molecule is Clc1ccc(-c2cccc(N3C=CC=NC3)c2)cc1Br. The van der Waals surface area contributed by atoms with Crippen molar-refractivity contribution in [3.05, 3.63) is 64.2 Å². The van der Waals surface area contributed by atoms with Crippen LogP contribution in [0.5, 0.6) is 0 Å². The Morgan fingerprint density at radius 1 is 1.10 bits per heavy atom. The van der Waals surface area contributed by atoms with Crippen molar-refractivity contribution in [1.82, 2.24) is 0 Å². The van der Waals surface area contributed by atoms with Crippen LogP contribution in [-0.4, -0.2) is 12.9 Å². The first-order valence-electron chi connectivity index (χ1n) is 6.23. The van der Waals surface area contributed by atoms with Gasteiger partial charge in [-0.2, -0.15) is 0 Å². The maximum absolute atomic E-state index is 6.04. The monoisotopic (exact) mass is 346 g/mol. The summed E-state index contributed by atoms with van der Waals surface area (Å²) in [6.45, 7) is 0.657. The number of aliphatic imine (C=N–C) groups is 1. The van der Waals surface area contributed by atoms with E-state index in [1.165, 1.54) is 0 Å². The van der Waals surface area contributed by atoms with Crippen molar-refractivity contribution in [3.8, 4) is 11.1 Å². The number of hydrogen-bond donors (Lipinski definition) is 0. The maximum Gasteiger partial charge on any atom is 0.114 e. The Hall–Kier alpha value is -1.58. The van der Waals surface area contributed by atoms with Gasteiger partial charge >= 0.3 is 0 Å². The van der Waals surface area contributed by atoms with Gasteiger partial charge in [0.05, 0.1) is 5.02 Å². The highest BCUT2D eigenvalue weighted by atomic mass is 79.9. The summed E-state index contributed by atoms with van der Waals surface area (Å²) in [6.07, 6.45) is 5.79. The van der Waals surface area contributed by atoms with Crippen LogP contribution in [0.4, 0.5) is 5.69 Å². The van der Waals surface area contributed by atoms with Crippen LogP contribution in [0.25, 0.3) is 11.1 Å². The highest BCUT2D eigenvalue weighted by Crippen LogP contribution is 2.30. The average molecular weight is 348 g/mol. The minimum atomic E-state index is 0.657. The van der Waals surface area contributed by atoms with Crippen molar-refractivity contribution in [2.24, 2.45) is 4.99 Å². The molecule has 4 heteroatoms. The van der Waals surface area contributed by atoms with E-state index in [1.807, 2.05) is 36.7 Å². The Morgan fingerprint density at radius 2 is 1.95 bits per heavy atom. The molecule has 0 aliphatic carbocycles. The number of anilines is 1. The molecule has 0 N–H and O–H groups in total. The molecule has 2 aromatic carbocycles. The van der Waals surface area contributed by atoms with Crippen LogP contribution in [0, 0.1) is 0 Å². The van der Waals surface area contributed by atoms with E-state index in [-0.39, 0.29) is 0 Å². The summed E-state index contributed by atoms with van der Waals surface area (Å²) < 4.78 is 0.907. The molecule has 0 fully saturated rings. The Morgan fingerprint density at radius 3 is 2.70 bits per heavy atom. The van der Waals surface area contributed by atoms with E-state index in [1.54, 1.807) is 0 Å². The molecule has 2 nitrogen and oxygen atoms in total. The van der Waals surface area contributed by atoms with Crippen LogP contribution >= 0.6 is 27.5 Å². The average Bonchev–Trinajstić information content (AvgIpc) is 2.51. The highest BCUT2D eigenvalue weighted by Gasteiger charge is 2.07. The first-order chi connectivity index (χ1) is 9.74. The minimum absolute atomic E-state index is 0.657. The maximum atomic E-state index is 6.04. The van der Waals surface area contributed by atoms with Crippen LogP contribution in [0.2, 0.25) is 5.02 Å². The van der Waals surface area contributed by atoms with Gasteiger partial charge in [-0.15, -0.1) is 0 Å². The fourth-order valence-electron chi connectivity index (χ4n) is 2.09. The molecular formula is C16H12BrClN2. The van der Waals surface area contributed by atoms with Gasteiger partial charge in [0, 0.05) is 22.6 Å². The quantitative estimate of drug-likeness (QED) is 0.735. The lowest BCUT2D eigenvalue weighted by molar-refractivity contribution is 0.970. The van der Waals surface area contributed by atoms with E-state index in [2.05, 4.69) is 50.1 Å². The van der Waals surface area contributed by atoms with Gasteiger partial charge in [-0.05, 0) is 57.4 Å². The van der Waals surface area contributed by atoms with Crippen molar-refractivity contribution in [2.45, 2.75) is 0 Å². The number of allylic oxidation sites excluding steroid dienone is 1. The van der Waals surface area contributed by atoms with Crippen molar-refractivity contribution in [1.29, 1.82) is 0 Å². The number of nitrogens with zero attached hydrogens (tertiary/aromatic N) is 2. The van der Waals surface area contributed by atoms with Crippen LogP contribution in [0.3, 0.4) is 0 Å². The second-order valence-electron chi connectivity index (χ2n) is 4.46. The van der Waals surface area contributed by atoms with Gasteiger partial charge in [0.1, 0.15) is 6.67 Å². The van der Waals surface area contributed by atoms with E-state index in [4.69, 9.17) is 11.6 Å². The van der Waals surface area contributed by atoms with Crippen LogP contribution in [-0.2, 0) is 0 Å². The predicted molar refractivity (Wildman–Crippen MR) is 89.6 cm³/mol. The van der Waals surface area contributed by atoms with Crippen molar-refractivity contribution in [3.63, 3.8) is 0 Å². The summed E-state index contributed by atoms with van der Waals surface area (Å²) in [5, 5.41) is 0.721. The Labute approximate surface area is 131 Å². The van der Waals surface area contributed by atoms with Crippen LogP contribution < -0.4 is 4.90 Å². The molecule has 20 heavy (non-hydrogen) atoms. The Kier molecular flexibility index (Phi) is 3.90. The van der Waals surface area contributed by atoms with Gasteiger partial charge in [-0.3, -0.25) is 4.99 Å². The molecule has 1 aliphatic heterocycles. The molecular weight excluding hydrogens is 336 g/mol. The Bertz CT molecular complexity index is 695. The predicted octanol–water partition coefficient (Wildman–Crippen LogP) is 5.13. The first kappa shape index (κ1) is 13.4. The summed E-state index contributed by atoms with van der Waals surface area (Å²) >= 11 is 9.51. The fraction of sp³-hybridized carbons (Fsp3) is 0.0625. The number of hydrogen-bond acceptors (Lipinski definition) is 2. The number of rotatable bonds is 2. The molecule has 0 spiro atoms. The second kappa shape index (κ2) is 5.81. The summed E-state index contributed by atoms with van der Waals surface area (Å²) in [5.41, 5.74) is 3.41. The third kappa shape index (κ3) is 2.79. The zero-order valence-electron chi connectivity index (χ0n) is 10.6. The van der Waals surface area contributed by atoms with Crippen LogP contribution in [0.1, 0.15) is 0 Å². The van der Waals surface area contributed by atoms with E-state index in [0.717, 1.165) is 26.3 Å². The summed E-state index contributed by atoms with van der Waals surface area (Å²) in [5.74, 6) is 0. The third-order valence-electron chi connectivity index (χ3n) is 3.12. The summed E-state index contributed by atoms with van der Waals surface area (Å²) in [6, 6.07) is 14.3. The molecule has 0 radical (unpaired) electrons. The largest absolute Gasteiger partial charge is 0.328 e. The molecule has 0 bridgehead atoms. The molecule has 100 valence electrons. The summed E-state index contributed by atoms with van der Waals surface area (Å²) in [7, 11) is 0. The highest BCUT2D eigenvalue weighted by molar-refractivity contribution is 9.10.